The molecule has 1 aromatic carbocycles. The maximum Gasteiger partial charge on any atom is 0.0653 e. The first-order chi connectivity index (χ1) is 4.86. The maximum absolute atomic E-state index is 3.89. The summed E-state index contributed by atoms with van der Waals surface area (Å²) in [7, 11) is 0. The van der Waals surface area contributed by atoms with Gasteiger partial charge in [-0.25, -0.2) is 0 Å². The second kappa shape index (κ2) is 1.84. The van der Waals surface area contributed by atoms with Crippen LogP contribution in [-0.2, 0) is 0 Å². The van der Waals surface area contributed by atoms with Gasteiger partial charge in [-0.1, -0.05) is 12.1 Å². The van der Waals surface area contributed by atoms with Gasteiger partial charge in [0, 0.05) is 5.39 Å². The van der Waals surface area contributed by atoms with Gasteiger partial charge in [0.1, 0.15) is 0 Å². The van der Waals surface area contributed by atoms with Gasteiger partial charge in [-0.2, -0.15) is 5.10 Å². The molecule has 0 atom stereocenters. The van der Waals surface area contributed by atoms with E-state index in [1.807, 2.05) is 18.2 Å². The number of rotatable bonds is 0. The van der Waals surface area contributed by atoms with E-state index >= 15 is 0 Å². The number of fused-ring (bicyclic) bond motifs is 1. The van der Waals surface area contributed by atoms with Gasteiger partial charge in [-0.15, -0.1) is 0 Å². The summed E-state index contributed by atoms with van der Waals surface area (Å²) in [6, 6.07) is 5.95. The number of nitrogens with one attached hydrogen (secondary N) is 1. The van der Waals surface area contributed by atoms with Gasteiger partial charge in [-0.3, -0.25) is 5.10 Å². The molecule has 0 fully saturated rings. The monoisotopic (exact) mass is 131 g/mol. The van der Waals surface area contributed by atoms with Crippen LogP contribution in [0.2, 0.25) is 0 Å². The molecule has 2 aromatic rings. The number of benzene rings is 1. The topological polar surface area (TPSA) is 28.7 Å². The number of aromatic nitrogens is 2. The predicted octanol–water partition coefficient (Wildman–Crippen LogP) is 1.75. The summed E-state index contributed by atoms with van der Waals surface area (Å²) >= 11 is 0. The highest BCUT2D eigenvalue weighted by atomic mass is 15.1. The largest absolute Gasteiger partial charge is 0.278 e. The Hall–Kier alpha value is -1.31. The predicted molar refractivity (Wildman–Crippen MR) is 40.6 cm³/mol. The normalized spacial score (nSPS) is 10.5. The fourth-order valence-electron chi connectivity index (χ4n) is 0.984. The molecule has 0 aliphatic carbocycles. The third-order valence-corrected chi connectivity index (χ3v) is 1.51. The molecule has 10 heavy (non-hydrogen) atoms. The van der Waals surface area contributed by atoms with E-state index in [0.29, 0.717) is 0 Å². The molecule has 1 radical (unpaired) electrons. The van der Waals surface area contributed by atoms with Crippen LogP contribution in [0.3, 0.4) is 0 Å². The first kappa shape index (κ1) is 5.47. The summed E-state index contributed by atoms with van der Waals surface area (Å²) in [5, 5.41) is 7.89. The average molecular weight is 131 g/mol. The van der Waals surface area contributed by atoms with Crippen molar-refractivity contribution in [3.8, 4) is 0 Å². The van der Waals surface area contributed by atoms with Crippen LogP contribution < -0.4 is 0 Å². The molecule has 0 spiro atoms. The number of nitrogens with zero attached hydrogens (tertiary/aromatic N) is 1. The molecule has 2 rings (SSSR count). The molecule has 2 heteroatoms. The summed E-state index contributed by atoms with van der Waals surface area (Å²) < 4.78 is 0. The first-order valence-corrected chi connectivity index (χ1v) is 3.11. The summed E-state index contributed by atoms with van der Waals surface area (Å²) in [6.07, 6.45) is 1.80. The van der Waals surface area contributed by atoms with Gasteiger partial charge in [0.15, 0.2) is 0 Å². The van der Waals surface area contributed by atoms with E-state index in [1.54, 1.807) is 6.20 Å². The molecule has 1 aromatic heterocycles. The van der Waals surface area contributed by atoms with E-state index in [9.17, 15) is 0 Å². The van der Waals surface area contributed by atoms with Crippen molar-refractivity contribution in [1.29, 1.82) is 0 Å². The van der Waals surface area contributed by atoms with E-state index in [0.717, 1.165) is 16.5 Å². The minimum Gasteiger partial charge on any atom is -0.278 e. The van der Waals surface area contributed by atoms with Crippen LogP contribution in [-0.4, -0.2) is 10.2 Å². The zero-order valence-electron chi connectivity index (χ0n) is 5.46. The van der Waals surface area contributed by atoms with Gasteiger partial charge >= 0.3 is 0 Å². The van der Waals surface area contributed by atoms with E-state index < -0.39 is 0 Å². The molecule has 0 bridgehead atoms. The Morgan fingerprint density at radius 2 is 2.30 bits per heavy atom. The van der Waals surface area contributed by atoms with Crippen LogP contribution in [0, 0.1) is 6.92 Å². The molecule has 0 saturated heterocycles. The van der Waals surface area contributed by atoms with Gasteiger partial charge in [0.05, 0.1) is 11.7 Å². The zero-order chi connectivity index (χ0) is 6.97. The molecule has 1 N–H and O–H groups in total. The molecule has 49 valence electrons. The van der Waals surface area contributed by atoms with Gasteiger partial charge in [-0.05, 0) is 18.6 Å². The van der Waals surface area contributed by atoms with Crippen LogP contribution in [0.1, 0.15) is 5.56 Å². The quantitative estimate of drug-likeness (QED) is 0.579. The summed E-state index contributed by atoms with van der Waals surface area (Å²) in [5.41, 5.74) is 2.06. The second-order valence-electron chi connectivity index (χ2n) is 2.29. The number of aromatic amines is 1. The Bertz CT molecular complexity index is 349. The zero-order valence-corrected chi connectivity index (χ0v) is 5.46. The molecular formula is C8H7N2. The van der Waals surface area contributed by atoms with Crippen molar-refractivity contribution < 1.29 is 0 Å². The smallest absolute Gasteiger partial charge is 0.0653 e. The second-order valence-corrected chi connectivity index (χ2v) is 2.29. The van der Waals surface area contributed by atoms with Crippen molar-refractivity contribution >= 4 is 10.9 Å². The molecule has 1 heterocycles. The average Bonchev–Trinajstić information content (AvgIpc) is 2.33. The van der Waals surface area contributed by atoms with Crippen molar-refractivity contribution in [2.24, 2.45) is 0 Å². The van der Waals surface area contributed by atoms with Gasteiger partial charge in [0.2, 0.25) is 0 Å². The molecule has 0 saturated carbocycles. The maximum atomic E-state index is 3.89. The fraction of sp³-hybridized carbons (Fsp3) is 0. The summed E-state index contributed by atoms with van der Waals surface area (Å²) in [6.45, 7) is 3.80. The van der Waals surface area contributed by atoms with Crippen LogP contribution in [0.15, 0.2) is 24.4 Å². The first-order valence-electron chi connectivity index (χ1n) is 3.11. The van der Waals surface area contributed by atoms with Gasteiger partial charge < -0.3 is 0 Å². The number of H-pyrrole nitrogens is 1. The van der Waals surface area contributed by atoms with Crippen molar-refractivity contribution in [2.45, 2.75) is 0 Å². The third-order valence-electron chi connectivity index (χ3n) is 1.51. The summed E-state index contributed by atoms with van der Waals surface area (Å²) in [4.78, 5) is 0. The highest BCUT2D eigenvalue weighted by Gasteiger charge is 1.92. The highest BCUT2D eigenvalue weighted by Crippen LogP contribution is 2.10. The van der Waals surface area contributed by atoms with E-state index in [-0.39, 0.29) is 0 Å². The SMILES string of the molecule is [CH2]c1ccc2cn[nH]c2c1. The van der Waals surface area contributed by atoms with E-state index in [1.165, 1.54) is 0 Å². The van der Waals surface area contributed by atoms with Crippen molar-refractivity contribution in [3.05, 3.63) is 36.9 Å². The van der Waals surface area contributed by atoms with Crippen LogP contribution in [0.25, 0.3) is 10.9 Å². The van der Waals surface area contributed by atoms with Gasteiger partial charge in [0.25, 0.3) is 0 Å². The molecule has 0 amide bonds. The molecule has 0 aliphatic heterocycles. The van der Waals surface area contributed by atoms with Crippen LogP contribution in [0.4, 0.5) is 0 Å². The third kappa shape index (κ3) is 0.692. The molecule has 0 unspecified atom stereocenters. The van der Waals surface area contributed by atoms with Crippen LogP contribution >= 0.6 is 0 Å². The summed E-state index contributed by atoms with van der Waals surface area (Å²) in [5.74, 6) is 0. The lowest BCUT2D eigenvalue weighted by molar-refractivity contribution is 1.12. The Balaban J connectivity index is 2.86. The lowest BCUT2D eigenvalue weighted by atomic mass is 10.2. The molecule has 2 nitrogen and oxygen atoms in total. The van der Waals surface area contributed by atoms with E-state index in [4.69, 9.17) is 0 Å². The number of hydrogen-bond donors (Lipinski definition) is 1. The fourth-order valence-corrected chi connectivity index (χ4v) is 0.984. The van der Waals surface area contributed by atoms with E-state index in [2.05, 4.69) is 17.1 Å². The minimum atomic E-state index is 1.01. The van der Waals surface area contributed by atoms with Crippen molar-refractivity contribution in [2.75, 3.05) is 0 Å². The lowest BCUT2D eigenvalue weighted by Crippen LogP contribution is -1.70. The van der Waals surface area contributed by atoms with Crippen molar-refractivity contribution in [1.82, 2.24) is 10.2 Å². The Morgan fingerprint density at radius 3 is 3.20 bits per heavy atom. The molecule has 0 aliphatic rings. The lowest BCUT2D eigenvalue weighted by Gasteiger charge is -1.89. The Labute approximate surface area is 58.9 Å². The Morgan fingerprint density at radius 1 is 1.40 bits per heavy atom. The number of hydrogen-bond acceptors (Lipinski definition) is 1. The minimum absolute atomic E-state index is 1.01. The van der Waals surface area contributed by atoms with Crippen LogP contribution in [0.5, 0.6) is 0 Å². The Kier molecular flexibility index (Phi) is 1.01. The van der Waals surface area contributed by atoms with Crippen molar-refractivity contribution in [3.63, 3.8) is 0 Å². The standard InChI is InChI=1S/C8H7N2/c1-6-2-3-7-5-9-10-8(7)4-6/h2-5H,1H2,(H,9,10). The highest BCUT2D eigenvalue weighted by molar-refractivity contribution is 5.78. The molecular weight excluding hydrogens is 124 g/mol.